The monoisotopic (exact) mass is 347 g/mol. The number of hydrogen-bond donors (Lipinski definition) is 1. The van der Waals surface area contributed by atoms with Gasteiger partial charge in [-0.1, -0.05) is 46.3 Å². The van der Waals surface area contributed by atoms with Gasteiger partial charge in [-0.25, -0.2) is 4.39 Å². The molecular formula is C18H19BrFN. The summed E-state index contributed by atoms with van der Waals surface area (Å²) in [6.07, 6.45) is 4.05. The molecule has 0 aromatic heterocycles. The molecule has 1 nitrogen and oxygen atoms in total. The van der Waals surface area contributed by atoms with E-state index >= 15 is 0 Å². The average molecular weight is 348 g/mol. The van der Waals surface area contributed by atoms with E-state index < -0.39 is 0 Å². The molecule has 3 rings (SSSR count). The van der Waals surface area contributed by atoms with Gasteiger partial charge in [0, 0.05) is 4.47 Å². The van der Waals surface area contributed by atoms with Crippen molar-refractivity contribution in [2.75, 3.05) is 6.54 Å². The van der Waals surface area contributed by atoms with Crippen LogP contribution in [0.3, 0.4) is 0 Å². The molecule has 1 aliphatic carbocycles. The highest BCUT2D eigenvalue weighted by Gasteiger charge is 2.33. The quantitative estimate of drug-likeness (QED) is 0.881. The van der Waals surface area contributed by atoms with E-state index in [1.807, 2.05) is 6.07 Å². The molecule has 1 atom stereocenters. The molecule has 110 valence electrons. The minimum atomic E-state index is -0.207. The predicted octanol–water partition coefficient (Wildman–Crippen LogP) is 4.26. The van der Waals surface area contributed by atoms with Crippen molar-refractivity contribution in [2.24, 2.45) is 11.1 Å². The Labute approximate surface area is 133 Å². The fourth-order valence-corrected chi connectivity index (χ4v) is 3.82. The maximum atomic E-state index is 13.2. The second-order valence-corrected chi connectivity index (χ2v) is 6.92. The minimum Gasteiger partial charge on any atom is -0.330 e. The molecular weight excluding hydrogens is 329 g/mol. The van der Waals surface area contributed by atoms with Crippen molar-refractivity contribution in [3.63, 3.8) is 0 Å². The largest absolute Gasteiger partial charge is 0.330 e. The highest BCUT2D eigenvalue weighted by Crippen LogP contribution is 2.39. The lowest BCUT2D eigenvalue weighted by Crippen LogP contribution is -2.38. The van der Waals surface area contributed by atoms with Crippen LogP contribution in [0.5, 0.6) is 0 Å². The Bertz CT molecular complexity index is 655. The molecule has 2 aromatic carbocycles. The summed E-state index contributed by atoms with van der Waals surface area (Å²) >= 11 is 3.48. The van der Waals surface area contributed by atoms with Gasteiger partial charge in [0.25, 0.3) is 0 Å². The number of benzene rings is 2. The molecule has 0 radical (unpaired) electrons. The maximum absolute atomic E-state index is 13.2. The van der Waals surface area contributed by atoms with Gasteiger partial charge in [-0.15, -0.1) is 0 Å². The second kappa shape index (κ2) is 5.90. The molecule has 2 aromatic rings. The zero-order chi connectivity index (χ0) is 14.9. The van der Waals surface area contributed by atoms with E-state index in [0.29, 0.717) is 6.54 Å². The van der Waals surface area contributed by atoms with Gasteiger partial charge < -0.3 is 5.73 Å². The minimum absolute atomic E-state index is 0.0781. The third-order valence-electron chi connectivity index (χ3n) is 4.62. The molecule has 2 N–H and O–H groups in total. The first-order valence-corrected chi connectivity index (χ1v) is 8.12. The first-order chi connectivity index (χ1) is 10.1. The van der Waals surface area contributed by atoms with Crippen LogP contribution in [-0.4, -0.2) is 6.54 Å². The van der Waals surface area contributed by atoms with E-state index in [4.69, 9.17) is 5.73 Å². The van der Waals surface area contributed by atoms with Gasteiger partial charge in [-0.2, -0.15) is 0 Å². The normalized spacial score (nSPS) is 21.1. The first-order valence-electron chi connectivity index (χ1n) is 7.33. The smallest absolute Gasteiger partial charge is 0.124 e. The van der Waals surface area contributed by atoms with Crippen molar-refractivity contribution >= 4 is 15.9 Å². The van der Waals surface area contributed by atoms with E-state index in [9.17, 15) is 4.39 Å². The molecule has 21 heavy (non-hydrogen) atoms. The molecule has 0 spiro atoms. The number of hydrogen-bond acceptors (Lipinski definition) is 1. The van der Waals surface area contributed by atoms with Crippen LogP contribution in [-0.2, 0) is 19.3 Å². The third-order valence-corrected chi connectivity index (χ3v) is 5.36. The van der Waals surface area contributed by atoms with Crippen LogP contribution >= 0.6 is 15.9 Å². The molecule has 0 saturated heterocycles. The summed E-state index contributed by atoms with van der Waals surface area (Å²) in [5, 5.41) is 0. The van der Waals surface area contributed by atoms with Crippen LogP contribution in [0, 0.1) is 11.2 Å². The fraction of sp³-hybridized carbons (Fsp3) is 0.333. The molecule has 0 fully saturated rings. The highest BCUT2D eigenvalue weighted by atomic mass is 79.9. The van der Waals surface area contributed by atoms with Gasteiger partial charge in [0.1, 0.15) is 5.82 Å². The topological polar surface area (TPSA) is 26.0 Å². The van der Waals surface area contributed by atoms with E-state index in [1.165, 1.54) is 23.3 Å². The third kappa shape index (κ3) is 3.04. The van der Waals surface area contributed by atoms with Crippen LogP contribution in [0.25, 0.3) is 0 Å². The van der Waals surface area contributed by atoms with E-state index in [1.54, 1.807) is 0 Å². The Morgan fingerprint density at radius 3 is 2.62 bits per heavy atom. The lowest BCUT2D eigenvalue weighted by Gasteiger charge is -2.38. The highest BCUT2D eigenvalue weighted by molar-refractivity contribution is 9.10. The summed E-state index contributed by atoms with van der Waals surface area (Å²) in [6.45, 7) is 0.658. The van der Waals surface area contributed by atoms with Gasteiger partial charge in [-0.05, 0) is 66.5 Å². The van der Waals surface area contributed by atoms with Crippen molar-refractivity contribution < 1.29 is 4.39 Å². The summed E-state index contributed by atoms with van der Waals surface area (Å²) in [7, 11) is 0. The van der Waals surface area contributed by atoms with Crippen molar-refractivity contribution in [3.05, 3.63) is 69.4 Å². The molecule has 0 amide bonds. The van der Waals surface area contributed by atoms with Gasteiger partial charge in [0.2, 0.25) is 0 Å². The molecule has 1 unspecified atom stereocenters. The Kier molecular flexibility index (Phi) is 4.14. The zero-order valence-corrected chi connectivity index (χ0v) is 13.5. The number of fused-ring (bicyclic) bond motifs is 1. The standard InChI is InChI=1S/C18H19BrFN/c19-17-9-16(20)6-5-15(17)11-18(12-21)8-7-13-3-1-2-4-14(13)10-18/h1-6,9H,7-8,10-12,21H2. The maximum Gasteiger partial charge on any atom is 0.124 e. The van der Waals surface area contributed by atoms with Crippen molar-refractivity contribution in [3.8, 4) is 0 Å². The number of halogens is 2. The van der Waals surface area contributed by atoms with Crippen LogP contribution < -0.4 is 5.73 Å². The van der Waals surface area contributed by atoms with Gasteiger partial charge >= 0.3 is 0 Å². The summed E-state index contributed by atoms with van der Waals surface area (Å²) in [6, 6.07) is 13.6. The van der Waals surface area contributed by atoms with Gasteiger partial charge in [0.05, 0.1) is 0 Å². The first kappa shape index (κ1) is 14.7. The van der Waals surface area contributed by atoms with Crippen LogP contribution in [0.4, 0.5) is 4.39 Å². The number of aryl methyl sites for hydroxylation is 1. The Morgan fingerprint density at radius 2 is 1.90 bits per heavy atom. The lowest BCUT2D eigenvalue weighted by atomic mass is 9.68. The average Bonchev–Trinajstić information content (AvgIpc) is 2.50. The molecule has 0 heterocycles. The molecule has 0 saturated carbocycles. The molecule has 3 heteroatoms. The molecule has 0 aliphatic heterocycles. The summed E-state index contributed by atoms with van der Waals surface area (Å²) in [5.74, 6) is -0.207. The van der Waals surface area contributed by atoms with Crippen LogP contribution in [0.1, 0.15) is 23.1 Å². The van der Waals surface area contributed by atoms with Gasteiger partial charge in [-0.3, -0.25) is 0 Å². The van der Waals surface area contributed by atoms with Crippen LogP contribution in [0.15, 0.2) is 46.9 Å². The molecule has 1 aliphatic rings. The van der Waals surface area contributed by atoms with Gasteiger partial charge in [0.15, 0.2) is 0 Å². The van der Waals surface area contributed by atoms with Crippen molar-refractivity contribution in [2.45, 2.75) is 25.7 Å². The SMILES string of the molecule is NCC1(Cc2ccc(F)cc2Br)CCc2ccccc2C1. The van der Waals surface area contributed by atoms with E-state index in [-0.39, 0.29) is 11.2 Å². The summed E-state index contributed by atoms with van der Waals surface area (Å²) in [4.78, 5) is 0. The Morgan fingerprint density at radius 1 is 1.14 bits per heavy atom. The zero-order valence-electron chi connectivity index (χ0n) is 11.9. The Hall–Kier alpha value is -1.19. The van der Waals surface area contributed by atoms with Crippen molar-refractivity contribution in [1.29, 1.82) is 0 Å². The summed E-state index contributed by atoms with van der Waals surface area (Å²) in [5.41, 5.74) is 10.2. The van der Waals surface area contributed by atoms with E-state index in [0.717, 1.165) is 35.7 Å². The van der Waals surface area contributed by atoms with E-state index in [2.05, 4.69) is 40.2 Å². The summed E-state index contributed by atoms with van der Waals surface area (Å²) < 4.78 is 14.1. The van der Waals surface area contributed by atoms with Crippen LogP contribution in [0.2, 0.25) is 0 Å². The number of rotatable bonds is 3. The lowest BCUT2D eigenvalue weighted by molar-refractivity contribution is 0.253. The number of nitrogens with two attached hydrogens (primary N) is 1. The Balaban J connectivity index is 1.88. The molecule has 0 bridgehead atoms. The second-order valence-electron chi connectivity index (χ2n) is 6.06. The predicted molar refractivity (Wildman–Crippen MR) is 87.8 cm³/mol. The fourth-order valence-electron chi connectivity index (χ4n) is 3.33. The van der Waals surface area contributed by atoms with Crippen molar-refractivity contribution in [1.82, 2.24) is 0 Å².